The van der Waals surface area contributed by atoms with Crippen LogP contribution in [0.1, 0.15) is 17.9 Å². The van der Waals surface area contributed by atoms with E-state index in [1.165, 1.54) is 0 Å². The SMILES string of the molecule is N#CC1C(=O)NCCC1c1ccccc1. The highest BCUT2D eigenvalue weighted by Gasteiger charge is 2.32. The lowest BCUT2D eigenvalue weighted by atomic mass is 9.81. The van der Waals surface area contributed by atoms with E-state index < -0.39 is 5.92 Å². The standard InChI is InChI=1S/C12H12N2O/c13-8-11-10(6-7-14-12(11)15)9-4-2-1-3-5-9/h1-5,10-11H,6-7H2,(H,14,15). The summed E-state index contributed by atoms with van der Waals surface area (Å²) in [6, 6.07) is 11.9. The van der Waals surface area contributed by atoms with E-state index in [1.807, 2.05) is 30.3 Å². The molecule has 0 radical (unpaired) electrons. The van der Waals surface area contributed by atoms with Gasteiger partial charge in [-0.2, -0.15) is 5.26 Å². The number of benzene rings is 1. The molecule has 1 heterocycles. The topological polar surface area (TPSA) is 52.9 Å². The van der Waals surface area contributed by atoms with E-state index in [2.05, 4.69) is 11.4 Å². The molecule has 1 aliphatic heterocycles. The fraction of sp³-hybridized carbons (Fsp3) is 0.333. The van der Waals surface area contributed by atoms with Crippen molar-refractivity contribution in [1.82, 2.24) is 5.32 Å². The van der Waals surface area contributed by atoms with Gasteiger partial charge in [0.15, 0.2) is 0 Å². The van der Waals surface area contributed by atoms with Crippen LogP contribution in [0.4, 0.5) is 0 Å². The number of nitriles is 1. The highest BCUT2D eigenvalue weighted by atomic mass is 16.1. The van der Waals surface area contributed by atoms with Gasteiger partial charge in [-0.3, -0.25) is 4.79 Å². The number of carbonyl (C=O) groups excluding carboxylic acids is 1. The number of rotatable bonds is 1. The van der Waals surface area contributed by atoms with E-state index >= 15 is 0 Å². The summed E-state index contributed by atoms with van der Waals surface area (Å²) < 4.78 is 0. The van der Waals surface area contributed by atoms with Crippen molar-refractivity contribution >= 4 is 5.91 Å². The monoisotopic (exact) mass is 200 g/mol. The molecule has 1 saturated heterocycles. The van der Waals surface area contributed by atoms with Crippen molar-refractivity contribution in [1.29, 1.82) is 5.26 Å². The fourth-order valence-corrected chi connectivity index (χ4v) is 2.02. The minimum absolute atomic E-state index is 0.0462. The van der Waals surface area contributed by atoms with Gasteiger partial charge in [0.1, 0.15) is 5.92 Å². The van der Waals surface area contributed by atoms with Crippen LogP contribution in [-0.2, 0) is 4.79 Å². The first-order chi connectivity index (χ1) is 7.33. The Balaban J connectivity index is 2.28. The van der Waals surface area contributed by atoms with Crippen molar-refractivity contribution in [3.8, 4) is 6.07 Å². The number of nitrogens with zero attached hydrogens (tertiary/aromatic N) is 1. The second-order valence-electron chi connectivity index (χ2n) is 3.70. The molecule has 1 aliphatic rings. The average Bonchev–Trinajstić information content (AvgIpc) is 2.30. The van der Waals surface area contributed by atoms with Gasteiger partial charge in [0.25, 0.3) is 0 Å². The minimum atomic E-state index is -0.541. The highest BCUT2D eigenvalue weighted by Crippen LogP contribution is 2.30. The number of hydrogen-bond donors (Lipinski definition) is 1. The van der Waals surface area contributed by atoms with E-state index in [-0.39, 0.29) is 11.8 Å². The third kappa shape index (κ3) is 1.84. The van der Waals surface area contributed by atoms with Crippen LogP contribution >= 0.6 is 0 Å². The van der Waals surface area contributed by atoms with Crippen molar-refractivity contribution in [2.75, 3.05) is 6.54 Å². The van der Waals surface area contributed by atoms with Crippen LogP contribution < -0.4 is 5.32 Å². The minimum Gasteiger partial charge on any atom is -0.355 e. The molecule has 3 nitrogen and oxygen atoms in total. The second kappa shape index (κ2) is 4.14. The maximum Gasteiger partial charge on any atom is 0.237 e. The van der Waals surface area contributed by atoms with Crippen molar-refractivity contribution in [2.24, 2.45) is 5.92 Å². The molecule has 0 spiro atoms. The molecule has 1 aromatic carbocycles. The van der Waals surface area contributed by atoms with Gasteiger partial charge in [0, 0.05) is 12.5 Å². The Hall–Kier alpha value is -1.82. The van der Waals surface area contributed by atoms with Gasteiger partial charge >= 0.3 is 0 Å². The molecule has 2 rings (SSSR count). The number of hydrogen-bond acceptors (Lipinski definition) is 2. The molecule has 0 bridgehead atoms. The van der Waals surface area contributed by atoms with Gasteiger partial charge in [-0.15, -0.1) is 0 Å². The summed E-state index contributed by atoms with van der Waals surface area (Å²) >= 11 is 0. The lowest BCUT2D eigenvalue weighted by Gasteiger charge is -2.26. The molecule has 1 N–H and O–H groups in total. The van der Waals surface area contributed by atoms with Gasteiger partial charge < -0.3 is 5.32 Å². The van der Waals surface area contributed by atoms with Gasteiger partial charge in [0.2, 0.25) is 5.91 Å². The lowest BCUT2D eigenvalue weighted by molar-refractivity contribution is -0.125. The van der Waals surface area contributed by atoms with Crippen LogP contribution in [0.3, 0.4) is 0 Å². The molecule has 0 aliphatic carbocycles. The summed E-state index contributed by atoms with van der Waals surface area (Å²) in [7, 11) is 0. The summed E-state index contributed by atoms with van der Waals surface area (Å²) in [6.07, 6.45) is 0.841. The molecule has 1 amide bonds. The molecule has 3 heteroatoms. The smallest absolute Gasteiger partial charge is 0.237 e. The van der Waals surface area contributed by atoms with Gasteiger partial charge in [-0.25, -0.2) is 0 Å². The number of carbonyl (C=O) groups is 1. The van der Waals surface area contributed by atoms with Crippen LogP contribution in [0.25, 0.3) is 0 Å². The summed E-state index contributed by atoms with van der Waals surface area (Å²) in [6.45, 7) is 0.663. The summed E-state index contributed by atoms with van der Waals surface area (Å²) in [4.78, 5) is 11.5. The molecule has 0 aromatic heterocycles. The summed E-state index contributed by atoms with van der Waals surface area (Å²) in [5, 5.41) is 11.7. The number of piperidine rings is 1. The Morgan fingerprint density at radius 3 is 2.73 bits per heavy atom. The maximum absolute atomic E-state index is 11.5. The van der Waals surface area contributed by atoms with E-state index in [0.29, 0.717) is 6.54 Å². The van der Waals surface area contributed by atoms with Crippen LogP contribution in [-0.4, -0.2) is 12.5 Å². The third-order valence-corrected chi connectivity index (χ3v) is 2.81. The van der Waals surface area contributed by atoms with Crippen molar-refractivity contribution in [2.45, 2.75) is 12.3 Å². The third-order valence-electron chi connectivity index (χ3n) is 2.81. The van der Waals surface area contributed by atoms with Crippen LogP contribution in [0.2, 0.25) is 0 Å². The quantitative estimate of drug-likeness (QED) is 0.745. The number of nitrogens with one attached hydrogen (secondary N) is 1. The first-order valence-electron chi connectivity index (χ1n) is 5.05. The predicted octanol–water partition coefficient (Wildman–Crippen LogP) is 1.43. The zero-order valence-corrected chi connectivity index (χ0v) is 8.31. The van der Waals surface area contributed by atoms with Crippen molar-refractivity contribution in [3.05, 3.63) is 35.9 Å². The fourth-order valence-electron chi connectivity index (χ4n) is 2.02. The Morgan fingerprint density at radius 1 is 1.33 bits per heavy atom. The van der Waals surface area contributed by atoms with Crippen molar-refractivity contribution in [3.63, 3.8) is 0 Å². The zero-order valence-electron chi connectivity index (χ0n) is 8.31. The maximum atomic E-state index is 11.5. The average molecular weight is 200 g/mol. The molecule has 15 heavy (non-hydrogen) atoms. The lowest BCUT2D eigenvalue weighted by Crippen LogP contribution is -2.40. The van der Waals surface area contributed by atoms with Gasteiger partial charge in [-0.1, -0.05) is 30.3 Å². The molecule has 76 valence electrons. The Kier molecular flexibility index (Phi) is 2.68. The van der Waals surface area contributed by atoms with E-state index in [9.17, 15) is 4.79 Å². The second-order valence-corrected chi connectivity index (χ2v) is 3.70. The zero-order chi connectivity index (χ0) is 10.7. The molecular weight excluding hydrogens is 188 g/mol. The molecule has 2 unspecified atom stereocenters. The van der Waals surface area contributed by atoms with E-state index in [4.69, 9.17) is 5.26 Å². The predicted molar refractivity (Wildman–Crippen MR) is 55.9 cm³/mol. The summed E-state index contributed by atoms with van der Waals surface area (Å²) in [5.74, 6) is -0.635. The summed E-state index contributed by atoms with van der Waals surface area (Å²) in [5.41, 5.74) is 1.08. The van der Waals surface area contributed by atoms with E-state index in [1.54, 1.807) is 0 Å². The van der Waals surface area contributed by atoms with E-state index in [0.717, 1.165) is 12.0 Å². The Morgan fingerprint density at radius 2 is 2.07 bits per heavy atom. The molecule has 2 atom stereocenters. The first kappa shape index (κ1) is 9.72. The highest BCUT2D eigenvalue weighted by molar-refractivity contribution is 5.83. The van der Waals surface area contributed by atoms with Gasteiger partial charge in [-0.05, 0) is 12.0 Å². The molecule has 1 fully saturated rings. The number of amides is 1. The Bertz CT molecular complexity index is 394. The first-order valence-corrected chi connectivity index (χ1v) is 5.05. The molecule has 0 saturated carbocycles. The van der Waals surface area contributed by atoms with Crippen LogP contribution in [0.15, 0.2) is 30.3 Å². The molecular formula is C12H12N2O. The molecule has 1 aromatic rings. The van der Waals surface area contributed by atoms with Crippen LogP contribution in [0, 0.1) is 17.2 Å². The largest absolute Gasteiger partial charge is 0.355 e. The van der Waals surface area contributed by atoms with Gasteiger partial charge in [0.05, 0.1) is 6.07 Å². The van der Waals surface area contributed by atoms with Crippen LogP contribution in [0.5, 0.6) is 0 Å². The Labute approximate surface area is 88.7 Å². The van der Waals surface area contributed by atoms with Crippen molar-refractivity contribution < 1.29 is 4.79 Å². The normalized spacial score (nSPS) is 25.4.